The van der Waals surface area contributed by atoms with Gasteiger partial charge >= 0.3 is 6.18 Å². The lowest BCUT2D eigenvalue weighted by molar-refractivity contribution is -0.138. The highest BCUT2D eigenvalue weighted by molar-refractivity contribution is 5.95. The number of aromatic amines is 1. The number of hydrogen-bond acceptors (Lipinski definition) is 7. The van der Waals surface area contributed by atoms with Crippen molar-refractivity contribution in [3.8, 4) is 0 Å². The normalized spacial score (nSPS) is 14.3. The van der Waals surface area contributed by atoms with Crippen LogP contribution in [-0.4, -0.2) is 57.2 Å². The van der Waals surface area contributed by atoms with E-state index >= 15 is 0 Å². The summed E-state index contributed by atoms with van der Waals surface area (Å²) in [6.45, 7) is 3.22. The summed E-state index contributed by atoms with van der Waals surface area (Å²) in [4.78, 5) is 35.5. The van der Waals surface area contributed by atoms with Gasteiger partial charge in [-0.05, 0) is 31.2 Å². The predicted octanol–water partition coefficient (Wildman–Crippen LogP) is 2.59. The van der Waals surface area contributed by atoms with Crippen LogP contribution in [0.3, 0.4) is 0 Å². The second kappa shape index (κ2) is 8.88. The zero-order chi connectivity index (χ0) is 23.6. The summed E-state index contributed by atoms with van der Waals surface area (Å²) in [5, 5.41) is 9.38. The quantitative estimate of drug-likeness (QED) is 0.618. The molecular formula is C21H20F3N7O2. The molecular weight excluding hydrogens is 439 g/mol. The van der Waals surface area contributed by atoms with E-state index < -0.39 is 11.7 Å². The van der Waals surface area contributed by atoms with E-state index in [1.54, 1.807) is 47.1 Å². The largest absolute Gasteiger partial charge is 0.419 e. The number of carbonyl (C=O) groups is 1. The number of nitrogens with zero attached hydrogens (tertiary/aromatic N) is 5. The molecule has 3 aromatic rings. The van der Waals surface area contributed by atoms with Crippen molar-refractivity contribution in [1.29, 1.82) is 0 Å². The number of aryl methyl sites for hydroxylation is 1. The molecule has 1 aliphatic heterocycles. The smallest absolute Gasteiger partial charge is 0.339 e. The molecule has 0 atom stereocenters. The molecule has 0 spiro atoms. The number of piperazine rings is 1. The highest BCUT2D eigenvalue weighted by Gasteiger charge is 2.32. The number of anilines is 3. The van der Waals surface area contributed by atoms with Gasteiger partial charge < -0.3 is 15.1 Å². The third kappa shape index (κ3) is 5.10. The van der Waals surface area contributed by atoms with E-state index in [0.717, 1.165) is 12.4 Å². The number of rotatable bonds is 4. The summed E-state index contributed by atoms with van der Waals surface area (Å²) in [6, 6.07) is 8.51. The van der Waals surface area contributed by atoms with Crippen LogP contribution in [0.1, 0.15) is 21.5 Å². The Balaban J connectivity index is 1.39. The molecule has 172 valence electrons. The van der Waals surface area contributed by atoms with Crippen molar-refractivity contribution in [2.75, 3.05) is 36.4 Å². The monoisotopic (exact) mass is 459 g/mol. The minimum absolute atomic E-state index is 0.169. The fourth-order valence-corrected chi connectivity index (χ4v) is 3.37. The number of halogens is 3. The van der Waals surface area contributed by atoms with E-state index in [1.165, 1.54) is 0 Å². The molecule has 0 aliphatic carbocycles. The van der Waals surface area contributed by atoms with Gasteiger partial charge in [0.1, 0.15) is 0 Å². The van der Waals surface area contributed by atoms with Gasteiger partial charge in [-0.1, -0.05) is 6.07 Å². The third-order valence-electron chi connectivity index (χ3n) is 5.19. The molecule has 0 unspecified atom stereocenters. The molecule has 1 saturated heterocycles. The van der Waals surface area contributed by atoms with E-state index in [0.29, 0.717) is 48.8 Å². The van der Waals surface area contributed by atoms with E-state index in [2.05, 4.69) is 25.5 Å². The lowest BCUT2D eigenvalue weighted by atomic mass is 10.1. The average molecular weight is 459 g/mol. The van der Waals surface area contributed by atoms with E-state index in [-0.39, 0.29) is 17.4 Å². The molecule has 12 heteroatoms. The van der Waals surface area contributed by atoms with Gasteiger partial charge in [-0.15, -0.1) is 0 Å². The number of benzene rings is 1. The Bertz CT molecular complexity index is 1200. The Morgan fingerprint density at radius 2 is 1.79 bits per heavy atom. The molecule has 1 aliphatic rings. The van der Waals surface area contributed by atoms with Gasteiger partial charge in [-0.3, -0.25) is 9.59 Å². The van der Waals surface area contributed by atoms with Crippen molar-refractivity contribution >= 4 is 23.4 Å². The van der Waals surface area contributed by atoms with Crippen LogP contribution < -0.4 is 15.8 Å². The molecule has 1 fully saturated rings. The van der Waals surface area contributed by atoms with Crippen LogP contribution in [0.4, 0.5) is 30.6 Å². The fourth-order valence-electron chi connectivity index (χ4n) is 3.37. The number of alkyl halides is 3. The van der Waals surface area contributed by atoms with E-state index in [1.807, 2.05) is 0 Å². The van der Waals surface area contributed by atoms with Crippen molar-refractivity contribution in [3.63, 3.8) is 0 Å². The van der Waals surface area contributed by atoms with Crippen LogP contribution in [0.5, 0.6) is 0 Å². The summed E-state index contributed by atoms with van der Waals surface area (Å²) in [6.07, 6.45) is -2.96. The minimum Gasteiger partial charge on any atom is -0.339 e. The minimum atomic E-state index is -4.49. The zero-order valence-corrected chi connectivity index (χ0v) is 17.6. The lowest BCUT2D eigenvalue weighted by Crippen LogP contribution is -2.49. The second-order valence-electron chi connectivity index (χ2n) is 7.52. The molecule has 1 amide bonds. The fraction of sp³-hybridized carbons (Fsp3) is 0.286. The Morgan fingerprint density at radius 1 is 1.09 bits per heavy atom. The van der Waals surface area contributed by atoms with E-state index in [9.17, 15) is 22.8 Å². The molecule has 9 nitrogen and oxygen atoms in total. The van der Waals surface area contributed by atoms with Gasteiger partial charge in [0, 0.05) is 55.4 Å². The molecule has 0 bridgehead atoms. The number of nitrogens with one attached hydrogen (secondary N) is 2. The summed E-state index contributed by atoms with van der Waals surface area (Å²) in [5.74, 6) is 0.476. The van der Waals surface area contributed by atoms with Gasteiger partial charge in [0.25, 0.3) is 11.5 Å². The van der Waals surface area contributed by atoms with Crippen molar-refractivity contribution < 1.29 is 18.0 Å². The maximum atomic E-state index is 13.0. The van der Waals surface area contributed by atoms with Crippen molar-refractivity contribution in [3.05, 3.63) is 69.8 Å². The summed E-state index contributed by atoms with van der Waals surface area (Å²) >= 11 is 0. The highest BCUT2D eigenvalue weighted by atomic mass is 19.4. The number of H-pyrrole nitrogens is 1. The third-order valence-corrected chi connectivity index (χ3v) is 5.19. The summed E-state index contributed by atoms with van der Waals surface area (Å²) in [7, 11) is 0. The number of aromatic nitrogens is 4. The van der Waals surface area contributed by atoms with Crippen molar-refractivity contribution in [2.24, 2.45) is 0 Å². The SMILES string of the molecule is Cc1cc(Nc2cccc(C(=O)N3CCN(c4ncc(C(F)(F)F)cn4)CC3)c2)n[nH]c1=O. The van der Waals surface area contributed by atoms with Crippen LogP contribution in [0.15, 0.2) is 47.5 Å². The van der Waals surface area contributed by atoms with Gasteiger partial charge in [-0.25, -0.2) is 15.1 Å². The van der Waals surface area contributed by atoms with Crippen molar-refractivity contribution in [1.82, 2.24) is 25.1 Å². The standard InChI is InChI=1S/C21H20F3N7O2/c1-13-9-17(28-29-18(13)32)27-16-4-2-3-14(10-16)19(33)30-5-7-31(8-6-30)20-25-11-15(12-26-20)21(22,23)24/h2-4,9-12H,5-8H2,1H3,(H,27,28)(H,29,32). The van der Waals surface area contributed by atoms with Crippen LogP contribution in [0, 0.1) is 6.92 Å². The number of amides is 1. The first-order chi connectivity index (χ1) is 15.7. The first-order valence-electron chi connectivity index (χ1n) is 10.1. The first kappa shape index (κ1) is 22.2. The van der Waals surface area contributed by atoms with Gasteiger partial charge in [0.15, 0.2) is 5.82 Å². The predicted molar refractivity (Wildman–Crippen MR) is 114 cm³/mol. The molecule has 2 aromatic heterocycles. The summed E-state index contributed by atoms with van der Waals surface area (Å²) in [5.41, 5.74) is 0.442. The van der Waals surface area contributed by atoms with Crippen LogP contribution in [0.2, 0.25) is 0 Å². The number of carbonyl (C=O) groups excluding carboxylic acids is 1. The maximum Gasteiger partial charge on any atom is 0.419 e. The maximum absolute atomic E-state index is 13.0. The lowest BCUT2D eigenvalue weighted by Gasteiger charge is -2.34. The molecule has 1 aromatic carbocycles. The highest BCUT2D eigenvalue weighted by Crippen LogP contribution is 2.28. The molecule has 0 saturated carbocycles. The average Bonchev–Trinajstić information content (AvgIpc) is 2.81. The first-order valence-corrected chi connectivity index (χ1v) is 10.1. The van der Waals surface area contributed by atoms with Gasteiger partial charge in [0.2, 0.25) is 5.95 Å². The van der Waals surface area contributed by atoms with Crippen LogP contribution in [-0.2, 0) is 6.18 Å². The molecule has 0 radical (unpaired) electrons. The van der Waals surface area contributed by atoms with E-state index in [4.69, 9.17) is 0 Å². The topological polar surface area (TPSA) is 107 Å². The Labute approximate surface area is 186 Å². The Kier molecular flexibility index (Phi) is 5.99. The number of hydrogen-bond donors (Lipinski definition) is 2. The van der Waals surface area contributed by atoms with Gasteiger partial charge in [-0.2, -0.15) is 18.3 Å². The summed E-state index contributed by atoms with van der Waals surface area (Å²) < 4.78 is 38.1. The van der Waals surface area contributed by atoms with Crippen LogP contribution >= 0.6 is 0 Å². The van der Waals surface area contributed by atoms with Crippen LogP contribution in [0.25, 0.3) is 0 Å². The molecule has 2 N–H and O–H groups in total. The second-order valence-corrected chi connectivity index (χ2v) is 7.52. The molecule has 33 heavy (non-hydrogen) atoms. The van der Waals surface area contributed by atoms with Crippen molar-refractivity contribution in [2.45, 2.75) is 13.1 Å². The molecule has 4 rings (SSSR count). The van der Waals surface area contributed by atoms with Gasteiger partial charge in [0.05, 0.1) is 5.56 Å². The Hall–Kier alpha value is -3.96. The molecule has 3 heterocycles. The zero-order valence-electron chi connectivity index (χ0n) is 17.6. The Morgan fingerprint density at radius 3 is 2.42 bits per heavy atom.